The van der Waals surface area contributed by atoms with Crippen molar-refractivity contribution in [2.24, 2.45) is 23.5 Å². The summed E-state index contributed by atoms with van der Waals surface area (Å²) in [6.45, 7) is 6.48. The van der Waals surface area contributed by atoms with Crippen LogP contribution < -0.4 is 5.73 Å². The highest BCUT2D eigenvalue weighted by atomic mass is 16.2. The number of hydrogen-bond acceptors (Lipinski definition) is 2. The molecule has 0 radical (unpaired) electrons. The average molecular weight is 252 g/mol. The van der Waals surface area contributed by atoms with Gasteiger partial charge in [0.1, 0.15) is 0 Å². The summed E-state index contributed by atoms with van der Waals surface area (Å²) < 4.78 is 0. The van der Waals surface area contributed by atoms with Crippen LogP contribution in [0.15, 0.2) is 0 Å². The fourth-order valence-corrected chi connectivity index (χ4v) is 3.45. The van der Waals surface area contributed by atoms with E-state index in [1.54, 1.807) is 0 Å². The summed E-state index contributed by atoms with van der Waals surface area (Å²) >= 11 is 0. The highest BCUT2D eigenvalue weighted by Gasteiger charge is 2.30. The van der Waals surface area contributed by atoms with Crippen molar-refractivity contribution in [3.8, 4) is 0 Å². The minimum absolute atomic E-state index is 0.332. The monoisotopic (exact) mass is 252 g/mol. The fraction of sp³-hybridized carbons (Fsp3) is 0.933. The molecule has 3 atom stereocenters. The van der Waals surface area contributed by atoms with E-state index in [-0.39, 0.29) is 0 Å². The number of carbonyl (C=O) groups is 1. The topological polar surface area (TPSA) is 46.3 Å². The molecule has 1 aliphatic carbocycles. The molecular weight excluding hydrogens is 224 g/mol. The van der Waals surface area contributed by atoms with Crippen molar-refractivity contribution in [3.63, 3.8) is 0 Å². The van der Waals surface area contributed by atoms with E-state index in [0.717, 1.165) is 32.4 Å². The van der Waals surface area contributed by atoms with E-state index >= 15 is 0 Å². The highest BCUT2D eigenvalue weighted by molar-refractivity contribution is 5.76. The molecule has 2 fully saturated rings. The van der Waals surface area contributed by atoms with Crippen LogP contribution in [0.4, 0.5) is 0 Å². The Bertz CT molecular complexity index is 290. The van der Waals surface area contributed by atoms with Crippen molar-refractivity contribution in [2.75, 3.05) is 13.1 Å². The molecule has 0 aromatic heterocycles. The molecule has 3 unspecified atom stereocenters. The van der Waals surface area contributed by atoms with Gasteiger partial charge in [0.05, 0.1) is 0 Å². The van der Waals surface area contributed by atoms with Crippen LogP contribution in [-0.4, -0.2) is 29.9 Å². The summed E-state index contributed by atoms with van der Waals surface area (Å²) in [7, 11) is 0. The Kier molecular flexibility index (Phi) is 4.66. The molecule has 1 heterocycles. The predicted octanol–water partition coefficient (Wildman–Crippen LogP) is 2.40. The van der Waals surface area contributed by atoms with Crippen molar-refractivity contribution in [3.05, 3.63) is 0 Å². The summed E-state index contributed by atoms with van der Waals surface area (Å²) in [6, 6.07) is 0.332. The lowest BCUT2D eigenvalue weighted by atomic mass is 9.84. The normalized spacial score (nSPS) is 33.1. The zero-order valence-electron chi connectivity index (χ0n) is 11.9. The average Bonchev–Trinajstić information content (AvgIpc) is 2.78. The Morgan fingerprint density at radius 2 is 2.11 bits per heavy atom. The van der Waals surface area contributed by atoms with E-state index in [9.17, 15) is 4.79 Å². The first-order valence-electron chi connectivity index (χ1n) is 7.59. The number of nitrogens with zero attached hydrogens (tertiary/aromatic N) is 1. The van der Waals surface area contributed by atoms with E-state index in [2.05, 4.69) is 18.7 Å². The minimum Gasteiger partial charge on any atom is -0.342 e. The third-order valence-corrected chi connectivity index (χ3v) is 4.81. The molecule has 0 aromatic carbocycles. The fourth-order valence-electron chi connectivity index (χ4n) is 3.45. The van der Waals surface area contributed by atoms with Gasteiger partial charge in [0.25, 0.3) is 0 Å². The Balaban J connectivity index is 1.78. The molecule has 2 rings (SSSR count). The molecule has 1 amide bonds. The van der Waals surface area contributed by atoms with Gasteiger partial charge in [-0.15, -0.1) is 0 Å². The van der Waals surface area contributed by atoms with Crippen LogP contribution in [0.1, 0.15) is 52.4 Å². The molecule has 1 saturated carbocycles. The number of rotatable bonds is 3. The van der Waals surface area contributed by atoms with Crippen molar-refractivity contribution in [2.45, 2.75) is 58.4 Å². The molecule has 0 spiro atoms. The number of amides is 1. The number of carbonyl (C=O) groups excluding carboxylic acids is 1. The summed E-state index contributed by atoms with van der Waals surface area (Å²) in [5.74, 6) is 2.32. The van der Waals surface area contributed by atoms with Gasteiger partial charge in [-0.25, -0.2) is 0 Å². The van der Waals surface area contributed by atoms with Crippen molar-refractivity contribution in [1.29, 1.82) is 0 Å². The summed E-state index contributed by atoms with van der Waals surface area (Å²) in [5, 5.41) is 0. The van der Waals surface area contributed by atoms with Gasteiger partial charge in [-0.3, -0.25) is 4.79 Å². The molecule has 18 heavy (non-hydrogen) atoms. The van der Waals surface area contributed by atoms with Gasteiger partial charge in [0, 0.05) is 25.6 Å². The Labute approximate surface area is 111 Å². The lowest BCUT2D eigenvalue weighted by molar-refractivity contribution is -0.131. The molecule has 2 N–H and O–H groups in total. The molecule has 0 bridgehead atoms. The molecule has 3 nitrogen and oxygen atoms in total. The second-order valence-corrected chi connectivity index (χ2v) is 6.63. The van der Waals surface area contributed by atoms with Crippen LogP contribution in [0.5, 0.6) is 0 Å². The van der Waals surface area contributed by atoms with Gasteiger partial charge in [-0.2, -0.15) is 0 Å². The molecule has 2 aliphatic rings. The third kappa shape index (κ3) is 3.47. The zero-order valence-corrected chi connectivity index (χ0v) is 11.9. The van der Waals surface area contributed by atoms with Gasteiger partial charge < -0.3 is 10.6 Å². The highest BCUT2D eigenvalue weighted by Crippen LogP contribution is 2.29. The van der Waals surface area contributed by atoms with Gasteiger partial charge in [0.2, 0.25) is 5.91 Å². The van der Waals surface area contributed by atoms with Crippen LogP contribution >= 0.6 is 0 Å². The zero-order chi connectivity index (χ0) is 13.1. The van der Waals surface area contributed by atoms with Crippen LogP contribution in [0, 0.1) is 17.8 Å². The Morgan fingerprint density at radius 1 is 1.33 bits per heavy atom. The maximum atomic E-state index is 12.3. The molecule has 3 heteroatoms. The largest absolute Gasteiger partial charge is 0.342 e. The first-order valence-corrected chi connectivity index (χ1v) is 7.59. The molecule has 1 saturated heterocycles. The smallest absolute Gasteiger partial charge is 0.222 e. The quantitative estimate of drug-likeness (QED) is 0.838. The Morgan fingerprint density at radius 3 is 2.72 bits per heavy atom. The Hall–Kier alpha value is -0.570. The van der Waals surface area contributed by atoms with Gasteiger partial charge in [-0.05, 0) is 43.4 Å². The van der Waals surface area contributed by atoms with Gasteiger partial charge >= 0.3 is 0 Å². The second kappa shape index (κ2) is 6.05. The summed E-state index contributed by atoms with van der Waals surface area (Å²) in [6.07, 6.45) is 6.51. The number of likely N-dealkylation sites (tertiary alicyclic amines) is 1. The molecule has 104 valence electrons. The number of hydrogen-bond donors (Lipinski definition) is 1. The summed E-state index contributed by atoms with van der Waals surface area (Å²) in [4.78, 5) is 14.4. The molecule has 1 aliphatic heterocycles. The van der Waals surface area contributed by atoms with E-state index in [4.69, 9.17) is 5.73 Å². The van der Waals surface area contributed by atoms with Crippen molar-refractivity contribution in [1.82, 2.24) is 4.90 Å². The lowest BCUT2D eigenvalue weighted by Crippen LogP contribution is -2.34. The molecular formula is C15H28N2O. The predicted molar refractivity (Wildman–Crippen MR) is 74.1 cm³/mol. The van der Waals surface area contributed by atoms with E-state index in [1.807, 2.05) is 0 Å². The van der Waals surface area contributed by atoms with E-state index < -0.39 is 0 Å². The van der Waals surface area contributed by atoms with Crippen LogP contribution in [0.25, 0.3) is 0 Å². The first kappa shape index (κ1) is 13.9. The number of nitrogens with two attached hydrogens (primary N) is 1. The summed E-state index contributed by atoms with van der Waals surface area (Å²) in [5.41, 5.74) is 5.99. The van der Waals surface area contributed by atoms with Gasteiger partial charge in [0.15, 0.2) is 0 Å². The van der Waals surface area contributed by atoms with Crippen LogP contribution in [0.3, 0.4) is 0 Å². The first-order chi connectivity index (χ1) is 8.56. The van der Waals surface area contributed by atoms with Crippen molar-refractivity contribution >= 4 is 5.91 Å². The third-order valence-electron chi connectivity index (χ3n) is 4.81. The standard InChI is InChI=1S/C15H28N2O/c1-11(2)13-6-7-17(10-13)15(18)9-12-4-3-5-14(16)8-12/h11-14H,3-10,16H2,1-2H3. The lowest BCUT2D eigenvalue weighted by Gasteiger charge is -2.28. The minimum atomic E-state index is 0.332. The van der Waals surface area contributed by atoms with Crippen LogP contribution in [0.2, 0.25) is 0 Å². The maximum Gasteiger partial charge on any atom is 0.222 e. The maximum absolute atomic E-state index is 12.3. The second-order valence-electron chi connectivity index (χ2n) is 6.63. The van der Waals surface area contributed by atoms with Crippen LogP contribution in [-0.2, 0) is 4.79 Å². The molecule has 0 aromatic rings. The van der Waals surface area contributed by atoms with Gasteiger partial charge in [-0.1, -0.05) is 20.3 Å². The van der Waals surface area contributed by atoms with E-state index in [1.165, 1.54) is 19.3 Å². The van der Waals surface area contributed by atoms with E-state index in [0.29, 0.717) is 29.7 Å². The van der Waals surface area contributed by atoms with Crippen molar-refractivity contribution < 1.29 is 4.79 Å². The SMILES string of the molecule is CC(C)C1CCN(C(=O)CC2CCCC(N)C2)C1.